The first-order valence-corrected chi connectivity index (χ1v) is 11.8. The average Bonchev–Trinajstić information content (AvgIpc) is 3.42. The highest BCUT2D eigenvalue weighted by molar-refractivity contribution is 6.05. The SMILES string of the molecule is CC(C)[C@H]1C[C@@H]2C(=O)N(C3CCCCC3)C(=O)[C@@H]2[C@@H]2C[C@@H](c3ccc(CO)o3)O[C@]12O. The Morgan fingerprint density at radius 3 is 2.52 bits per heavy atom. The van der Waals surface area contributed by atoms with Gasteiger partial charge in [-0.25, -0.2) is 0 Å². The van der Waals surface area contributed by atoms with Crippen LogP contribution < -0.4 is 0 Å². The lowest BCUT2D eigenvalue weighted by Gasteiger charge is -2.46. The van der Waals surface area contributed by atoms with E-state index in [0.29, 0.717) is 24.4 Å². The number of imide groups is 1. The standard InChI is InChI=1S/C24H33NO6/c1-13(2)17-10-16-21(23(28)25(22(16)27)14-6-4-3-5-7-14)18-11-20(31-24(17,18)29)19-9-8-15(12-26)30-19/h8-9,13-14,16-18,20-21,26,29H,3-7,10-12H2,1-2H3/t16-,17+,18-,20-,21-,24+/m0/s1. The number of amides is 2. The Morgan fingerprint density at radius 2 is 1.87 bits per heavy atom. The summed E-state index contributed by atoms with van der Waals surface area (Å²) >= 11 is 0. The molecule has 2 aliphatic heterocycles. The number of aliphatic hydroxyl groups is 2. The van der Waals surface area contributed by atoms with Crippen LogP contribution in [0.4, 0.5) is 0 Å². The molecule has 4 aliphatic rings. The number of furan rings is 1. The fourth-order valence-corrected chi connectivity index (χ4v) is 6.72. The number of carbonyl (C=O) groups excluding carboxylic acids is 2. The molecule has 31 heavy (non-hydrogen) atoms. The Hall–Kier alpha value is -1.70. The lowest BCUT2D eigenvalue weighted by molar-refractivity contribution is -0.278. The monoisotopic (exact) mass is 431 g/mol. The van der Waals surface area contributed by atoms with E-state index in [1.54, 1.807) is 17.0 Å². The number of nitrogens with zero attached hydrogens (tertiary/aromatic N) is 1. The van der Waals surface area contributed by atoms with Gasteiger partial charge in [-0.15, -0.1) is 0 Å². The third kappa shape index (κ3) is 3.19. The molecule has 2 saturated heterocycles. The number of aliphatic hydroxyl groups excluding tert-OH is 1. The molecule has 0 radical (unpaired) electrons. The summed E-state index contributed by atoms with van der Waals surface area (Å²) in [5.74, 6) is -2.14. The first-order valence-electron chi connectivity index (χ1n) is 11.8. The highest BCUT2D eigenvalue weighted by Gasteiger charge is 2.67. The maximum atomic E-state index is 13.6. The van der Waals surface area contributed by atoms with Crippen LogP contribution in [0.5, 0.6) is 0 Å². The molecule has 0 aromatic carbocycles. The molecule has 1 aromatic heterocycles. The van der Waals surface area contributed by atoms with Gasteiger partial charge in [0.15, 0.2) is 5.79 Å². The Balaban J connectivity index is 1.48. The van der Waals surface area contributed by atoms with E-state index >= 15 is 0 Å². The van der Waals surface area contributed by atoms with Gasteiger partial charge in [-0.05, 0) is 43.7 Å². The smallest absolute Gasteiger partial charge is 0.233 e. The molecule has 4 fully saturated rings. The van der Waals surface area contributed by atoms with Crippen molar-refractivity contribution in [3.63, 3.8) is 0 Å². The molecule has 170 valence electrons. The summed E-state index contributed by atoms with van der Waals surface area (Å²) < 4.78 is 11.9. The highest BCUT2D eigenvalue weighted by Crippen LogP contribution is 2.60. The number of hydrogen-bond acceptors (Lipinski definition) is 6. The maximum absolute atomic E-state index is 13.6. The molecule has 0 bridgehead atoms. The minimum atomic E-state index is -1.47. The third-order valence-electron chi connectivity index (χ3n) is 8.21. The molecule has 6 atom stereocenters. The minimum absolute atomic E-state index is 0.000229. The zero-order valence-electron chi connectivity index (χ0n) is 18.3. The summed E-state index contributed by atoms with van der Waals surface area (Å²) in [6.45, 7) is 3.87. The topological polar surface area (TPSA) is 100 Å². The Kier molecular flexibility index (Phi) is 5.26. The fraction of sp³-hybridized carbons (Fsp3) is 0.750. The maximum Gasteiger partial charge on any atom is 0.233 e. The second-order valence-corrected chi connectivity index (χ2v) is 10.2. The molecule has 0 unspecified atom stereocenters. The number of hydrogen-bond donors (Lipinski definition) is 2. The Bertz CT molecular complexity index is 858. The van der Waals surface area contributed by atoms with Crippen molar-refractivity contribution < 1.29 is 29.0 Å². The van der Waals surface area contributed by atoms with Crippen LogP contribution in [0.1, 0.15) is 76.4 Å². The molecular weight excluding hydrogens is 398 g/mol. The van der Waals surface area contributed by atoms with Crippen LogP contribution in [0.2, 0.25) is 0 Å². The van der Waals surface area contributed by atoms with Gasteiger partial charge in [-0.3, -0.25) is 14.5 Å². The van der Waals surface area contributed by atoms with Crippen LogP contribution in [-0.2, 0) is 20.9 Å². The summed E-state index contributed by atoms with van der Waals surface area (Å²) in [7, 11) is 0. The van der Waals surface area contributed by atoms with Gasteiger partial charge in [-0.1, -0.05) is 33.1 Å². The normalized spacial score (nSPS) is 38.7. The molecule has 7 heteroatoms. The van der Waals surface area contributed by atoms with Gasteiger partial charge in [0.1, 0.15) is 24.2 Å². The van der Waals surface area contributed by atoms with Crippen molar-refractivity contribution in [2.75, 3.05) is 0 Å². The van der Waals surface area contributed by atoms with Crippen molar-refractivity contribution >= 4 is 11.8 Å². The molecule has 2 aliphatic carbocycles. The van der Waals surface area contributed by atoms with Crippen LogP contribution in [-0.4, -0.2) is 38.8 Å². The molecule has 1 aromatic rings. The average molecular weight is 432 g/mol. The number of rotatable bonds is 4. The van der Waals surface area contributed by atoms with Crippen molar-refractivity contribution in [1.29, 1.82) is 0 Å². The van der Waals surface area contributed by atoms with Crippen LogP contribution in [0, 0.1) is 29.6 Å². The first kappa shape index (κ1) is 21.2. The van der Waals surface area contributed by atoms with E-state index in [1.807, 2.05) is 13.8 Å². The molecule has 0 spiro atoms. The Morgan fingerprint density at radius 1 is 1.13 bits per heavy atom. The second kappa shape index (κ2) is 7.71. The van der Waals surface area contributed by atoms with E-state index < -0.39 is 23.7 Å². The fourth-order valence-electron chi connectivity index (χ4n) is 6.72. The van der Waals surface area contributed by atoms with Crippen molar-refractivity contribution in [1.82, 2.24) is 4.90 Å². The molecule has 2 N–H and O–H groups in total. The van der Waals surface area contributed by atoms with Crippen LogP contribution >= 0.6 is 0 Å². The molecule has 2 saturated carbocycles. The van der Waals surface area contributed by atoms with Crippen LogP contribution in [0.3, 0.4) is 0 Å². The largest absolute Gasteiger partial charge is 0.461 e. The lowest BCUT2D eigenvalue weighted by atomic mass is 9.62. The van der Waals surface area contributed by atoms with Gasteiger partial charge < -0.3 is 19.4 Å². The molecular formula is C24H33NO6. The van der Waals surface area contributed by atoms with Crippen molar-refractivity contribution in [2.45, 2.75) is 83.3 Å². The molecule has 2 amide bonds. The van der Waals surface area contributed by atoms with E-state index in [0.717, 1.165) is 32.1 Å². The quantitative estimate of drug-likeness (QED) is 0.711. The summed E-state index contributed by atoms with van der Waals surface area (Å²) in [4.78, 5) is 28.6. The zero-order valence-corrected chi connectivity index (χ0v) is 18.3. The number of likely N-dealkylation sites (tertiary alicyclic amines) is 1. The summed E-state index contributed by atoms with van der Waals surface area (Å²) in [6, 6.07) is 3.46. The molecule has 7 nitrogen and oxygen atoms in total. The minimum Gasteiger partial charge on any atom is -0.461 e. The van der Waals surface area contributed by atoms with Crippen LogP contribution in [0.25, 0.3) is 0 Å². The van der Waals surface area contributed by atoms with E-state index in [-0.39, 0.29) is 42.2 Å². The second-order valence-electron chi connectivity index (χ2n) is 10.2. The van der Waals surface area contributed by atoms with E-state index in [2.05, 4.69) is 0 Å². The number of carbonyl (C=O) groups is 2. The van der Waals surface area contributed by atoms with Gasteiger partial charge in [0, 0.05) is 17.9 Å². The van der Waals surface area contributed by atoms with Gasteiger partial charge in [0.05, 0.1) is 11.8 Å². The first-order chi connectivity index (χ1) is 14.8. The van der Waals surface area contributed by atoms with Crippen molar-refractivity contribution in [3.05, 3.63) is 23.7 Å². The van der Waals surface area contributed by atoms with E-state index in [1.165, 1.54) is 0 Å². The summed E-state index contributed by atoms with van der Waals surface area (Å²) in [5, 5.41) is 21.1. The van der Waals surface area contributed by atoms with Gasteiger partial charge in [-0.2, -0.15) is 0 Å². The number of ether oxygens (including phenoxy) is 1. The number of fused-ring (bicyclic) bond motifs is 3. The van der Waals surface area contributed by atoms with Gasteiger partial charge in [0.25, 0.3) is 0 Å². The highest BCUT2D eigenvalue weighted by atomic mass is 16.6. The van der Waals surface area contributed by atoms with E-state index in [4.69, 9.17) is 9.15 Å². The predicted molar refractivity (Wildman–Crippen MR) is 110 cm³/mol. The van der Waals surface area contributed by atoms with Gasteiger partial charge in [0.2, 0.25) is 11.8 Å². The van der Waals surface area contributed by atoms with Crippen molar-refractivity contribution in [2.24, 2.45) is 29.6 Å². The van der Waals surface area contributed by atoms with Crippen LogP contribution in [0.15, 0.2) is 16.5 Å². The predicted octanol–water partition coefficient (Wildman–Crippen LogP) is 3.15. The zero-order chi connectivity index (χ0) is 21.9. The molecule has 5 rings (SSSR count). The Labute approximate surface area is 182 Å². The lowest BCUT2D eigenvalue weighted by Crippen LogP contribution is -2.55. The van der Waals surface area contributed by atoms with Gasteiger partial charge >= 0.3 is 0 Å². The van der Waals surface area contributed by atoms with Crippen molar-refractivity contribution in [3.8, 4) is 0 Å². The third-order valence-corrected chi connectivity index (χ3v) is 8.21. The summed E-state index contributed by atoms with van der Waals surface area (Å²) in [5.41, 5.74) is 0. The summed E-state index contributed by atoms with van der Waals surface area (Å²) in [6.07, 6.45) is 5.43. The molecule has 3 heterocycles. The van der Waals surface area contributed by atoms with E-state index in [9.17, 15) is 19.8 Å².